The molecule has 0 amide bonds. The molecule has 0 aliphatic heterocycles. The topological polar surface area (TPSA) is 50.9 Å². The number of nitrogens with one attached hydrogen (secondary N) is 1. The Morgan fingerprint density at radius 3 is 2.72 bits per heavy atom. The summed E-state index contributed by atoms with van der Waals surface area (Å²) >= 11 is 2.00. The van der Waals surface area contributed by atoms with E-state index in [1.54, 1.807) is 0 Å². The number of thioether (sulfide) groups is 1. The van der Waals surface area contributed by atoms with Gasteiger partial charge in [-0.3, -0.25) is 0 Å². The number of hydrogen-bond acceptors (Lipinski definition) is 4. The molecular formula is C14H23N3S. The summed E-state index contributed by atoms with van der Waals surface area (Å²) < 4.78 is 0.388. The molecule has 1 aromatic rings. The van der Waals surface area contributed by atoms with Gasteiger partial charge in [-0.15, -0.1) is 0 Å². The van der Waals surface area contributed by atoms with Crippen molar-refractivity contribution < 1.29 is 0 Å². The van der Waals surface area contributed by atoms with Crippen molar-refractivity contribution in [3.05, 3.63) is 17.8 Å². The molecular weight excluding hydrogens is 242 g/mol. The average molecular weight is 265 g/mol. The van der Waals surface area contributed by atoms with Crippen LogP contribution in [0.25, 0.3) is 0 Å². The second-order valence-corrected chi connectivity index (χ2v) is 6.50. The van der Waals surface area contributed by atoms with Gasteiger partial charge in [-0.25, -0.2) is 4.98 Å². The van der Waals surface area contributed by atoms with Gasteiger partial charge in [-0.1, -0.05) is 19.3 Å². The van der Waals surface area contributed by atoms with Crippen molar-refractivity contribution in [3.63, 3.8) is 0 Å². The van der Waals surface area contributed by atoms with Crippen molar-refractivity contribution in [2.75, 3.05) is 23.9 Å². The Morgan fingerprint density at radius 2 is 2.11 bits per heavy atom. The quantitative estimate of drug-likeness (QED) is 0.875. The number of nitrogen functional groups attached to an aromatic ring is 1. The van der Waals surface area contributed by atoms with E-state index in [-0.39, 0.29) is 0 Å². The largest absolute Gasteiger partial charge is 0.398 e. The maximum Gasteiger partial charge on any atom is 0.128 e. The number of nitrogens with zero attached hydrogens (tertiary/aromatic N) is 1. The molecule has 1 aliphatic rings. The first-order chi connectivity index (χ1) is 8.65. The van der Waals surface area contributed by atoms with Crippen LogP contribution < -0.4 is 11.1 Å². The first-order valence-corrected chi connectivity index (χ1v) is 7.89. The molecule has 0 unspecified atom stereocenters. The lowest BCUT2D eigenvalue weighted by Gasteiger charge is -2.36. The Labute approximate surface area is 114 Å². The van der Waals surface area contributed by atoms with Crippen molar-refractivity contribution in [1.29, 1.82) is 0 Å². The van der Waals surface area contributed by atoms with E-state index in [9.17, 15) is 0 Å². The van der Waals surface area contributed by atoms with Crippen LogP contribution in [0.4, 0.5) is 11.5 Å². The summed E-state index contributed by atoms with van der Waals surface area (Å²) in [6.07, 6.45) is 10.8. The van der Waals surface area contributed by atoms with E-state index in [0.717, 1.165) is 23.6 Å². The molecule has 1 aromatic heterocycles. The van der Waals surface area contributed by atoms with E-state index in [4.69, 9.17) is 5.73 Å². The molecule has 0 aromatic carbocycles. The Balaban J connectivity index is 1.98. The smallest absolute Gasteiger partial charge is 0.128 e. The minimum atomic E-state index is 0.388. The fourth-order valence-electron chi connectivity index (χ4n) is 2.54. The van der Waals surface area contributed by atoms with Crippen LogP contribution in [-0.2, 0) is 0 Å². The maximum atomic E-state index is 5.91. The predicted octanol–water partition coefficient (Wildman–Crippen LogP) is 3.45. The van der Waals surface area contributed by atoms with E-state index >= 15 is 0 Å². The summed E-state index contributed by atoms with van der Waals surface area (Å²) in [7, 11) is 0. The van der Waals surface area contributed by atoms with Crippen molar-refractivity contribution in [2.45, 2.75) is 43.8 Å². The molecule has 2 rings (SSSR count). The number of nitrogens with two attached hydrogens (primary N) is 1. The van der Waals surface area contributed by atoms with Crippen LogP contribution in [0.1, 0.15) is 37.7 Å². The molecule has 1 fully saturated rings. The van der Waals surface area contributed by atoms with Gasteiger partial charge in [0.2, 0.25) is 0 Å². The molecule has 3 nitrogen and oxygen atoms in total. The van der Waals surface area contributed by atoms with Crippen LogP contribution in [0.5, 0.6) is 0 Å². The van der Waals surface area contributed by atoms with E-state index < -0.39 is 0 Å². The molecule has 100 valence electrons. The van der Waals surface area contributed by atoms with Crippen molar-refractivity contribution in [2.24, 2.45) is 0 Å². The monoisotopic (exact) mass is 265 g/mol. The zero-order chi connectivity index (χ0) is 13.0. The first-order valence-electron chi connectivity index (χ1n) is 6.66. The molecule has 0 spiro atoms. The summed E-state index contributed by atoms with van der Waals surface area (Å²) in [5.41, 5.74) is 7.76. The van der Waals surface area contributed by atoms with E-state index in [0.29, 0.717) is 4.75 Å². The van der Waals surface area contributed by atoms with E-state index in [1.165, 1.54) is 32.1 Å². The Morgan fingerprint density at radius 1 is 1.39 bits per heavy atom. The third kappa shape index (κ3) is 3.10. The Hall–Kier alpha value is -0.900. The van der Waals surface area contributed by atoms with Gasteiger partial charge >= 0.3 is 0 Å². The summed E-state index contributed by atoms with van der Waals surface area (Å²) in [5.74, 6) is 0.900. The number of anilines is 2. The molecule has 1 aliphatic carbocycles. The first kappa shape index (κ1) is 13.5. The lowest BCUT2D eigenvalue weighted by atomic mass is 9.88. The summed E-state index contributed by atoms with van der Waals surface area (Å²) in [6, 6.07) is 1.94. The predicted molar refractivity (Wildman–Crippen MR) is 81.2 cm³/mol. The van der Waals surface area contributed by atoms with Crippen LogP contribution in [0.15, 0.2) is 12.3 Å². The van der Waals surface area contributed by atoms with Crippen LogP contribution in [0.2, 0.25) is 0 Å². The lowest BCUT2D eigenvalue weighted by molar-refractivity contribution is 0.411. The lowest BCUT2D eigenvalue weighted by Crippen LogP contribution is -2.35. The van der Waals surface area contributed by atoms with E-state index in [2.05, 4.69) is 16.6 Å². The van der Waals surface area contributed by atoms with Crippen LogP contribution in [0.3, 0.4) is 0 Å². The highest BCUT2D eigenvalue weighted by molar-refractivity contribution is 8.00. The summed E-state index contributed by atoms with van der Waals surface area (Å²) in [4.78, 5) is 4.39. The normalized spacial score (nSPS) is 18.6. The fraction of sp³-hybridized carbons (Fsp3) is 0.643. The van der Waals surface area contributed by atoms with Crippen LogP contribution in [0, 0.1) is 6.92 Å². The van der Waals surface area contributed by atoms with Gasteiger partial charge in [-0.2, -0.15) is 11.8 Å². The molecule has 3 N–H and O–H groups in total. The highest BCUT2D eigenvalue weighted by Gasteiger charge is 2.30. The number of aromatic nitrogens is 1. The van der Waals surface area contributed by atoms with Gasteiger partial charge in [0, 0.05) is 29.2 Å². The summed E-state index contributed by atoms with van der Waals surface area (Å²) in [5, 5.41) is 3.46. The van der Waals surface area contributed by atoms with Gasteiger partial charge in [-0.05, 0) is 31.6 Å². The Bertz CT molecular complexity index is 400. The van der Waals surface area contributed by atoms with Crippen LogP contribution in [-0.4, -0.2) is 22.5 Å². The molecule has 0 saturated heterocycles. The molecule has 18 heavy (non-hydrogen) atoms. The molecule has 0 bridgehead atoms. The van der Waals surface area contributed by atoms with Crippen LogP contribution >= 0.6 is 11.8 Å². The molecule has 1 saturated carbocycles. The zero-order valence-corrected chi connectivity index (χ0v) is 12.1. The van der Waals surface area contributed by atoms with Crippen molar-refractivity contribution >= 4 is 23.3 Å². The highest BCUT2D eigenvalue weighted by atomic mass is 32.2. The number of rotatable bonds is 4. The number of aryl methyl sites for hydroxylation is 1. The number of hydrogen-bond donors (Lipinski definition) is 2. The maximum absolute atomic E-state index is 5.91. The molecule has 0 radical (unpaired) electrons. The number of pyridine rings is 1. The molecule has 0 atom stereocenters. The standard InChI is InChI=1S/C14H23N3S/c1-11-9-16-13(8-12(11)15)17-10-14(18-2)6-4-3-5-7-14/h8-9H,3-7,10H2,1-2H3,(H3,15,16,17). The van der Waals surface area contributed by atoms with Gasteiger partial charge in [0.15, 0.2) is 0 Å². The highest BCUT2D eigenvalue weighted by Crippen LogP contribution is 2.38. The van der Waals surface area contributed by atoms with E-state index in [1.807, 2.05) is 30.9 Å². The average Bonchev–Trinajstić information content (AvgIpc) is 2.41. The minimum absolute atomic E-state index is 0.388. The molecule has 4 heteroatoms. The van der Waals surface area contributed by atoms with Crippen molar-refractivity contribution in [3.8, 4) is 0 Å². The summed E-state index contributed by atoms with van der Waals surface area (Å²) in [6.45, 7) is 2.97. The fourth-order valence-corrected chi connectivity index (χ4v) is 3.45. The Kier molecular flexibility index (Phi) is 4.38. The second-order valence-electron chi connectivity index (χ2n) is 5.23. The third-order valence-corrected chi connectivity index (χ3v) is 5.35. The molecule has 1 heterocycles. The van der Waals surface area contributed by atoms with Gasteiger partial charge in [0.1, 0.15) is 5.82 Å². The van der Waals surface area contributed by atoms with Gasteiger partial charge in [0.25, 0.3) is 0 Å². The minimum Gasteiger partial charge on any atom is -0.398 e. The van der Waals surface area contributed by atoms with Crippen molar-refractivity contribution in [1.82, 2.24) is 4.98 Å². The second kappa shape index (κ2) is 5.83. The third-order valence-electron chi connectivity index (χ3n) is 3.93. The van der Waals surface area contributed by atoms with Gasteiger partial charge in [0.05, 0.1) is 0 Å². The SMILES string of the molecule is CSC1(CNc2cc(N)c(C)cn2)CCCCC1. The zero-order valence-electron chi connectivity index (χ0n) is 11.3. The van der Waals surface area contributed by atoms with Gasteiger partial charge < -0.3 is 11.1 Å².